The van der Waals surface area contributed by atoms with Gasteiger partial charge in [-0.1, -0.05) is 39.7 Å². The van der Waals surface area contributed by atoms with E-state index in [0.717, 1.165) is 16.1 Å². The normalized spacial score (nSPS) is 11.8. The Bertz CT molecular complexity index is 754. The second kappa shape index (κ2) is 6.38. The predicted octanol–water partition coefficient (Wildman–Crippen LogP) is 5.04. The van der Waals surface area contributed by atoms with E-state index >= 15 is 0 Å². The number of carbonyl (C=O) groups is 1. The monoisotopic (exact) mass is 365 g/mol. The second-order valence-corrected chi connectivity index (χ2v) is 5.87. The molecule has 0 spiro atoms. The Morgan fingerprint density at radius 2 is 2.05 bits per heavy atom. The van der Waals surface area contributed by atoms with Crippen molar-refractivity contribution >= 4 is 33.3 Å². The molecule has 0 amide bonds. The van der Waals surface area contributed by atoms with Gasteiger partial charge in [0, 0.05) is 15.1 Å². The molecule has 0 aliphatic carbocycles. The van der Waals surface area contributed by atoms with Crippen molar-refractivity contribution in [2.75, 3.05) is 0 Å². The first-order chi connectivity index (χ1) is 9.93. The van der Waals surface area contributed by atoms with Gasteiger partial charge in [-0.3, -0.25) is 4.79 Å². The van der Waals surface area contributed by atoms with Crippen molar-refractivity contribution in [3.8, 4) is 6.07 Å². The van der Waals surface area contributed by atoms with Crippen LogP contribution in [0, 0.1) is 24.1 Å². The van der Waals surface area contributed by atoms with Gasteiger partial charge in [0.2, 0.25) is 0 Å². The molecule has 0 aliphatic heterocycles. The summed E-state index contributed by atoms with van der Waals surface area (Å²) in [4.78, 5) is 12.6. The molecule has 2 aromatic rings. The van der Waals surface area contributed by atoms with Gasteiger partial charge < -0.3 is 0 Å². The summed E-state index contributed by atoms with van der Waals surface area (Å²) in [6, 6.07) is 10.9. The SMILES string of the molecule is Cc1ccc(Br)cc1C(=O)C(C#N)c1ccc(F)cc1Cl. The molecule has 0 fully saturated rings. The lowest BCUT2D eigenvalue weighted by Crippen LogP contribution is -2.13. The summed E-state index contributed by atoms with van der Waals surface area (Å²) in [5.41, 5.74) is 1.52. The lowest BCUT2D eigenvalue weighted by molar-refractivity contribution is 0.0978. The van der Waals surface area contributed by atoms with Gasteiger partial charge in [-0.2, -0.15) is 5.26 Å². The Balaban J connectivity index is 2.49. The molecule has 0 aromatic heterocycles. The fraction of sp³-hybridized carbons (Fsp3) is 0.125. The first-order valence-electron chi connectivity index (χ1n) is 6.09. The minimum Gasteiger partial charge on any atom is -0.292 e. The highest BCUT2D eigenvalue weighted by Crippen LogP contribution is 2.29. The zero-order valence-electron chi connectivity index (χ0n) is 11.0. The summed E-state index contributed by atoms with van der Waals surface area (Å²) in [5.74, 6) is -1.93. The molecule has 0 saturated carbocycles. The van der Waals surface area contributed by atoms with E-state index in [4.69, 9.17) is 11.6 Å². The average molecular weight is 367 g/mol. The molecule has 0 N–H and O–H groups in total. The van der Waals surface area contributed by atoms with Crippen LogP contribution in [-0.4, -0.2) is 5.78 Å². The molecular weight excluding hydrogens is 357 g/mol. The van der Waals surface area contributed by atoms with Crippen LogP contribution in [-0.2, 0) is 0 Å². The zero-order valence-corrected chi connectivity index (χ0v) is 13.4. The Labute approximate surface area is 135 Å². The fourth-order valence-electron chi connectivity index (χ4n) is 2.02. The van der Waals surface area contributed by atoms with Crippen LogP contribution in [0.15, 0.2) is 40.9 Å². The highest BCUT2D eigenvalue weighted by atomic mass is 79.9. The van der Waals surface area contributed by atoms with Gasteiger partial charge in [-0.05, 0) is 42.3 Å². The Kier molecular flexibility index (Phi) is 4.76. The van der Waals surface area contributed by atoms with Crippen molar-refractivity contribution in [1.82, 2.24) is 0 Å². The van der Waals surface area contributed by atoms with E-state index in [1.54, 1.807) is 19.1 Å². The third kappa shape index (κ3) is 3.31. The third-order valence-corrected chi connectivity index (χ3v) is 3.95. The summed E-state index contributed by atoms with van der Waals surface area (Å²) in [6.07, 6.45) is 0. The highest BCUT2D eigenvalue weighted by molar-refractivity contribution is 9.10. The van der Waals surface area contributed by atoms with Gasteiger partial charge >= 0.3 is 0 Å². The maximum atomic E-state index is 13.1. The van der Waals surface area contributed by atoms with Gasteiger partial charge in [0.25, 0.3) is 0 Å². The second-order valence-electron chi connectivity index (χ2n) is 4.55. The number of halogens is 3. The number of nitrogens with zero attached hydrogens (tertiary/aromatic N) is 1. The van der Waals surface area contributed by atoms with Crippen molar-refractivity contribution in [1.29, 1.82) is 5.26 Å². The van der Waals surface area contributed by atoms with E-state index < -0.39 is 11.7 Å². The standard InChI is InChI=1S/C16H10BrClFNO/c1-9-2-3-10(17)6-13(9)16(21)14(8-20)12-5-4-11(19)7-15(12)18/h2-7,14H,1H3. The number of ketones is 1. The van der Waals surface area contributed by atoms with Crippen LogP contribution in [0.25, 0.3) is 0 Å². The number of aryl methyl sites for hydroxylation is 1. The van der Waals surface area contributed by atoms with Crippen LogP contribution in [0.3, 0.4) is 0 Å². The summed E-state index contributed by atoms with van der Waals surface area (Å²) in [6.45, 7) is 1.79. The van der Waals surface area contributed by atoms with E-state index in [1.807, 2.05) is 12.1 Å². The smallest absolute Gasteiger partial charge is 0.184 e. The van der Waals surface area contributed by atoms with Gasteiger partial charge in [-0.25, -0.2) is 4.39 Å². The number of nitriles is 1. The van der Waals surface area contributed by atoms with Crippen molar-refractivity contribution < 1.29 is 9.18 Å². The highest BCUT2D eigenvalue weighted by Gasteiger charge is 2.25. The van der Waals surface area contributed by atoms with Crippen LogP contribution in [0.5, 0.6) is 0 Å². The summed E-state index contributed by atoms with van der Waals surface area (Å²) < 4.78 is 13.8. The molecule has 21 heavy (non-hydrogen) atoms. The summed E-state index contributed by atoms with van der Waals surface area (Å²) in [5, 5.41) is 9.40. The van der Waals surface area contributed by atoms with Crippen LogP contribution in [0.1, 0.15) is 27.4 Å². The lowest BCUT2D eigenvalue weighted by atomic mass is 9.90. The Morgan fingerprint density at radius 3 is 2.67 bits per heavy atom. The minimum atomic E-state index is -1.06. The van der Waals surface area contributed by atoms with Gasteiger partial charge in [0.1, 0.15) is 11.7 Å². The van der Waals surface area contributed by atoms with Gasteiger partial charge in [0.05, 0.1) is 6.07 Å². The van der Waals surface area contributed by atoms with Gasteiger partial charge in [-0.15, -0.1) is 0 Å². The molecule has 2 aromatic carbocycles. The molecule has 1 atom stereocenters. The van der Waals surface area contributed by atoms with E-state index in [1.165, 1.54) is 12.1 Å². The number of carbonyl (C=O) groups excluding carboxylic acids is 1. The van der Waals surface area contributed by atoms with Crippen LogP contribution in [0.4, 0.5) is 4.39 Å². The lowest BCUT2D eigenvalue weighted by Gasteiger charge is -2.12. The topological polar surface area (TPSA) is 40.9 Å². The minimum absolute atomic E-state index is 0.0718. The molecular formula is C16H10BrClFNO. The molecule has 2 rings (SSSR count). The summed E-state index contributed by atoms with van der Waals surface area (Å²) >= 11 is 9.26. The molecule has 106 valence electrons. The molecule has 0 bridgehead atoms. The van der Waals surface area contributed by atoms with E-state index in [0.29, 0.717) is 11.1 Å². The molecule has 0 saturated heterocycles. The fourth-order valence-corrected chi connectivity index (χ4v) is 2.66. The van der Waals surface area contributed by atoms with Crippen molar-refractivity contribution in [2.45, 2.75) is 12.8 Å². The van der Waals surface area contributed by atoms with Gasteiger partial charge in [0.15, 0.2) is 5.78 Å². The largest absolute Gasteiger partial charge is 0.292 e. The average Bonchev–Trinajstić information content (AvgIpc) is 2.44. The molecule has 0 radical (unpaired) electrons. The number of rotatable bonds is 3. The van der Waals surface area contributed by atoms with Crippen molar-refractivity contribution in [3.63, 3.8) is 0 Å². The van der Waals surface area contributed by atoms with Crippen LogP contribution in [0.2, 0.25) is 5.02 Å². The first-order valence-corrected chi connectivity index (χ1v) is 7.26. The van der Waals surface area contributed by atoms with Crippen molar-refractivity contribution in [2.24, 2.45) is 0 Å². The van der Waals surface area contributed by atoms with Crippen LogP contribution >= 0.6 is 27.5 Å². The molecule has 0 heterocycles. The predicted molar refractivity (Wildman–Crippen MR) is 83.0 cm³/mol. The molecule has 1 unspecified atom stereocenters. The van der Waals surface area contributed by atoms with E-state index in [9.17, 15) is 14.4 Å². The quantitative estimate of drug-likeness (QED) is 0.714. The van der Waals surface area contributed by atoms with E-state index in [2.05, 4.69) is 15.9 Å². The van der Waals surface area contributed by atoms with E-state index in [-0.39, 0.29) is 10.8 Å². The maximum absolute atomic E-state index is 13.1. The number of Topliss-reactive ketones (excluding diaryl/α,β-unsaturated/α-hetero) is 1. The Hall–Kier alpha value is -1.70. The molecule has 2 nitrogen and oxygen atoms in total. The number of benzene rings is 2. The molecule has 0 aliphatic rings. The maximum Gasteiger partial charge on any atom is 0.184 e. The third-order valence-electron chi connectivity index (χ3n) is 3.13. The number of hydrogen-bond donors (Lipinski definition) is 0. The first kappa shape index (κ1) is 15.7. The van der Waals surface area contributed by atoms with Crippen LogP contribution < -0.4 is 0 Å². The zero-order chi connectivity index (χ0) is 15.6. The molecule has 5 heteroatoms. The number of hydrogen-bond acceptors (Lipinski definition) is 2. The van der Waals surface area contributed by atoms with Crippen molar-refractivity contribution in [3.05, 3.63) is 68.4 Å². The Morgan fingerprint density at radius 1 is 1.33 bits per heavy atom. The summed E-state index contributed by atoms with van der Waals surface area (Å²) in [7, 11) is 0.